The highest BCUT2D eigenvalue weighted by atomic mass is 16.5. The topological polar surface area (TPSA) is 92.8 Å². The fourth-order valence-electron chi connectivity index (χ4n) is 4.57. The summed E-state index contributed by atoms with van der Waals surface area (Å²) in [5.74, 6) is 1.37. The molecule has 3 rings (SSSR count). The number of nitrogens with one attached hydrogen (secondary N) is 2. The molecule has 8 heteroatoms. The molecule has 0 radical (unpaired) electrons. The van der Waals surface area contributed by atoms with Gasteiger partial charge in [-0.15, -0.1) is 0 Å². The normalized spacial score (nSPS) is 20.9. The molecule has 172 valence electrons. The van der Waals surface area contributed by atoms with Crippen molar-refractivity contribution >= 4 is 18.2 Å². The fraction of sp³-hybridized carbons (Fsp3) is 0.696. The van der Waals surface area contributed by atoms with E-state index in [1.807, 2.05) is 0 Å². The second-order valence-electron chi connectivity index (χ2n) is 8.55. The van der Waals surface area contributed by atoms with Gasteiger partial charge in [-0.2, -0.15) is 0 Å². The number of carbonyl (C=O) groups is 2. The van der Waals surface area contributed by atoms with Crippen LogP contribution in [0.1, 0.15) is 43.4 Å². The van der Waals surface area contributed by atoms with E-state index in [0.29, 0.717) is 31.4 Å². The zero-order valence-corrected chi connectivity index (χ0v) is 18.8. The van der Waals surface area contributed by atoms with Crippen LogP contribution in [-0.4, -0.2) is 74.8 Å². The van der Waals surface area contributed by atoms with Crippen LogP contribution in [0.15, 0.2) is 12.1 Å². The lowest BCUT2D eigenvalue weighted by molar-refractivity contribution is -0.144. The highest BCUT2D eigenvalue weighted by molar-refractivity contribution is 5.78. The number of carbonyl (C=O) groups excluding carboxylic acids is 2. The van der Waals surface area contributed by atoms with Crippen LogP contribution in [0.5, 0.6) is 0 Å². The molecule has 1 aromatic heterocycles. The molecule has 0 bridgehead atoms. The Kier molecular flexibility index (Phi) is 9.09. The van der Waals surface area contributed by atoms with Crippen LogP contribution in [0.3, 0.4) is 0 Å². The number of pyridine rings is 1. The van der Waals surface area contributed by atoms with E-state index in [1.165, 1.54) is 24.8 Å². The van der Waals surface area contributed by atoms with E-state index in [9.17, 15) is 9.59 Å². The van der Waals surface area contributed by atoms with Crippen molar-refractivity contribution in [2.45, 2.75) is 57.0 Å². The summed E-state index contributed by atoms with van der Waals surface area (Å²) in [4.78, 5) is 29.8. The van der Waals surface area contributed by atoms with Gasteiger partial charge in [0.1, 0.15) is 11.9 Å². The molecule has 1 saturated carbocycles. The number of nitrogens with zero attached hydrogens (tertiary/aromatic N) is 2. The van der Waals surface area contributed by atoms with Gasteiger partial charge in [-0.1, -0.05) is 6.07 Å². The predicted octanol–water partition coefficient (Wildman–Crippen LogP) is 1.78. The molecule has 1 aromatic rings. The monoisotopic (exact) mass is 432 g/mol. The minimum Gasteiger partial charge on any atom is -0.467 e. The van der Waals surface area contributed by atoms with Gasteiger partial charge in [0.2, 0.25) is 6.41 Å². The molecule has 1 amide bonds. The Bertz CT molecular complexity index is 724. The first-order valence-electron chi connectivity index (χ1n) is 11.4. The van der Waals surface area contributed by atoms with Gasteiger partial charge in [0.25, 0.3) is 0 Å². The van der Waals surface area contributed by atoms with E-state index in [1.54, 1.807) is 7.11 Å². The molecular formula is C23H36N4O4. The summed E-state index contributed by atoms with van der Waals surface area (Å²) in [6.45, 7) is 3.21. The second kappa shape index (κ2) is 12.0. The van der Waals surface area contributed by atoms with E-state index in [-0.39, 0.29) is 0 Å². The summed E-state index contributed by atoms with van der Waals surface area (Å²) in [6, 6.07) is 4.30. The number of fused-ring (bicyclic) bond motifs is 1. The third-order valence-electron chi connectivity index (χ3n) is 6.53. The number of rotatable bonds is 13. The molecule has 0 saturated heterocycles. The van der Waals surface area contributed by atoms with Crippen molar-refractivity contribution in [2.75, 3.05) is 45.8 Å². The SMILES string of the molecule is COCCN(CCC(NC=O)C(=O)OC)C1CC(CCc2ccc3c(n2)NCCC3)C1. The highest BCUT2D eigenvalue weighted by Crippen LogP contribution is 2.35. The maximum atomic E-state index is 11.8. The van der Waals surface area contributed by atoms with E-state index >= 15 is 0 Å². The average molecular weight is 433 g/mol. The van der Waals surface area contributed by atoms with Crippen molar-refractivity contribution in [3.63, 3.8) is 0 Å². The van der Waals surface area contributed by atoms with Gasteiger partial charge in [0, 0.05) is 38.5 Å². The van der Waals surface area contributed by atoms with Crippen molar-refractivity contribution in [1.29, 1.82) is 0 Å². The first-order chi connectivity index (χ1) is 15.1. The fourth-order valence-corrected chi connectivity index (χ4v) is 4.57. The van der Waals surface area contributed by atoms with Crippen LogP contribution in [-0.2, 0) is 31.9 Å². The van der Waals surface area contributed by atoms with Gasteiger partial charge < -0.3 is 20.1 Å². The lowest BCUT2D eigenvalue weighted by Gasteiger charge is -2.43. The molecule has 1 aliphatic carbocycles. The van der Waals surface area contributed by atoms with Crippen molar-refractivity contribution in [3.8, 4) is 0 Å². The molecule has 0 aromatic carbocycles. The number of methoxy groups -OCH3 is 2. The molecule has 2 heterocycles. The molecule has 1 aliphatic heterocycles. The lowest BCUT2D eigenvalue weighted by atomic mass is 9.76. The van der Waals surface area contributed by atoms with Crippen LogP contribution in [0, 0.1) is 5.92 Å². The van der Waals surface area contributed by atoms with E-state index in [0.717, 1.165) is 57.6 Å². The van der Waals surface area contributed by atoms with Gasteiger partial charge in [-0.3, -0.25) is 9.69 Å². The Hall–Kier alpha value is -2.19. The Morgan fingerprint density at radius 2 is 2.19 bits per heavy atom. The first kappa shape index (κ1) is 23.5. The molecule has 1 unspecified atom stereocenters. The Morgan fingerprint density at radius 3 is 2.94 bits per heavy atom. The van der Waals surface area contributed by atoms with Gasteiger partial charge >= 0.3 is 5.97 Å². The number of ether oxygens (including phenoxy) is 2. The maximum Gasteiger partial charge on any atom is 0.328 e. The average Bonchev–Trinajstić information content (AvgIpc) is 2.77. The third-order valence-corrected chi connectivity index (χ3v) is 6.53. The number of hydrogen-bond acceptors (Lipinski definition) is 7. The minimum absolute atomic E-state index is 0.405. The standard InChI is InChI=1S/C23H36N4O4/c1-30-13-12-27(11-9-21(25-16-28)23(29)31-2)20-14-17(15-20)5-7-19-8-6-18-4-3-10-24-22(18)26-19/h6,8,16-17,20-21H,3-5,7,9-15H2,1-2H3,(H,24,26)(H,25,28). The van der Waals surface area contributed by atoms with Crippen molar-refractivity contribution in [3.05, 3.63) is 23.4 Å². The molecule has 8 nitrogen and oxygen atoms in total. The first-order valence-corrected chi connectivity index (χ1v) is 11.4. The highest BCUT2D eigenvalue weighted by Gasteiger charge is 2.33. The number of hydrogen-bond donors (Lipinski definition) is 2. The van der Waals surface area contributed by atoms with E-state index in [4.69, 9.17) is 14.5 Å². The summed E-state index contributed by atoms with van der Waals surface area (Å²) in [5.41, 5.74) is 2.51. The molecule has 1 atom stereocenters. The van der Waals surface area contributed by atoms with Crippen LogP contribution in [0.25, 0.3) is 0 Å². The van der Waals surface area contributed by atoms with Crippen LogP contribution in [0.4, 0.5) is 5.82 Å². The van der Waals surface area contributed by atoms with Crippen molar-refractivity contribution < 1.29 is 19.1 Å². The largest absolute Gasteiger partial charge is 0.467 e. The van der Waals surface area contributed by atoms with Crippen molar-refractivity contribution in [1.82, 2.24) is 15.2 Å². The number of amides is 1. The summed E-state index contributed by atoms with van der Waals surface area (Å²) >= 11 is 0. The summed E-state index contributed by atoms with van der Waals surface area (Å²) < 4.78 is 10.1. The molecule has 1 fully saturated rings. The Labute approximate surface area is 185 Å². The third kappa shape index (κ3) is 6.64. The zero-order valence-electron chi connectivity index (χ0n) is 18.8. The van der Waals surface area contributed by atoms with Gasteiger partial charge in [-0.05, 0) is 62.5 Å². The smallest absolute Gasteiger partial charge is 0.328 e. The Balaban J connectivity index is 1.45. The lowest BCUT2D eigenvalue weighted by Crippen LogP contribution is -2.48. The van der Waals surface area contributed by atoms with Gasteiger partial charge in [0.15, 0.2) is 0 Å². The maximum absolute atomic E-state index is 11.8. The molecule has 2 aliphatic rings. The summed E-state index contributed by atoms with van der Waals surface area (Å²) in [5, 5.41) is 5.98. The van der Waals surface area contributed by atoms with Crippen LogP contribution >= 0.6 is 0 Å². The predicted molar refractivity (Wildman–Crippen MR) is 119 cm³/mol. The van der Waals surface area contributed by atoms with Crippen LogP contribution < -0.4 is 10.6 Å². The number of aryl methyl sites for hydroxylation is 2. The van der Waals surface area contributed by atoms with Crippen LogP contribution in [0.2, 0.25) is 0 Å². The molecule has 2 N–H and O–H groups in total. The number of aromatic nitrogens is 1. The molecule has 0 spiro atoms. The second-order valence-corrected chi connectivity index (χ2v) is 8.55. The number of anilines is 1. The molecule has 31 heavy (non-hydrogen) atoms. The zero-order chi connectivity index (χ0) is 22.1. The van der Waals surface area contributed by atoms with Crippen molar-refractivity contribution in [2.24, 2.45) is 5.92 Å². The van der Waals surface area contributed by atoms with Gasteiger partial charge in [-0.25, -0.2) is 9.78 Å². The minimum atomic E-state index is -0.605. The summed E-state index contributed by atoms with van der Waals surface area (Å²) in [7, 11) is 3.04. The number of esters is 1. The summed E-state index contributed by atoms with van der Waals surface area (Å²) in [6.07, 6.45) is 7.86. The van der Waals surface area contributed by atoms with Gasteiger partial charge in [0.05, 0.1) is 13.7 Å². The Morgan fingerprint density at radius 1 is 1.35 bits per heavy atom. The van der Waals surface area contributed by atoms with E-state index < -0.39 is 12.0 Å². The van der Waals surface area contributed by atoms with E-state index in [2.05, 4.69) is 27.7 Å². The quantitative estimate of drug-likeness (QED) is 0.363. The molecular weight excluding hydrogens is 396 g/mol.